The van der Waals surface area contributed by atoms with E-state index in [2.05, 4.69) is 45.8 Å². The van der Waals surface area contributed by atoms with Crippen LogP contribution in [0.15, 0.2) is 24.3 Å². The summed E-state index contributed by atoms with van der Waals surface area (Å²) in [5.41, 5.74) is 6.02. The highest BCUT2D eigenvalue weighted by molar-refractivity contribution is 7.80. The van der Waals surface area contributed by atoms with Crippen LogP contribution in [0.1, 0.15) is 25.7 Å². The Bertz CT molecular complexity index is 496. The molecule has 4 bridgehead atoms. The third kappa shape index (κ3) is 2.86. The number of hydrogen-bond donors (Lipinski definition) is 4. The van der Waals surface area contributed by atoms with Crippen molar-refractivity contribution in [2.45, 2.75) is 37.8 Å². The van der Waals surface area contributed by atoms with Gasteiger partial charge in [0, 0.05) is 12.1 Å². The van der Waals surface area contributed by atoms with E-state index in [4.69, 9.17) is 24.4 Å². The number of fused-ring (bicyclic) bond motifs is 4. The van der Waals surface area contributed by atoms with Crippen LogP contribution in [0.5, 0.6) is 0 Å². The van der Waals surface area contributed by atoms with Gasteiger partial charge >= 0.3 is 0 Å². The molecule has 0 amide bonds. The van der Waals surface area contributed by atoms with E-state index in [-0.39, 0.29) is 0 Å². The molecule has 0 radical (unpaired) electrons. The summed E-state index contributed by atoms with van der Waals surface area (Å²) in [5, 5.41) is 8.04. The predicted octanol–water partition coefficient (Wildman–Crippen LogP) is 1.76. The van der Waals surface area contributed by atoms with E-state index in [1.54, 1.807) is 0 Å². The number of nitrogens with one attached hydrogen (secondary N) is 4. The summed E-state index contributed by atoms with van der Waals surface area (Å²) in [6, 6.07) is 0.933. The second-order valence-corrected chi connectivity index (χ2v) is 7.79. The maximum atomic E-state index is 5.35. The van der Waals surface area contributed by atoms with Gasteiger partial charge in [-0.15, -0.1) is 0 Å². The Labute approximate surface area is 142 Å². The Kier molecular flexibility index (Phi) is 3.82. The molecule has 0 aromatic heterocycles. The fraction of sp³-hybridized carbons (Fsp3) is 0.625. The van der Waals surface area contributed by atoms with Gasteiger partial charge in [-0.2, -0.15) is 0 Å². The molecule has 0 spiro atoms. The molecule has 6 heteroatoms. The van der Waals surface area contributed by atoms with Gasteiger partial charge < -0.3 is 10.6 Å². The molecule has 4 aliphatic rings. The number of thiocarbonyl (C=S) groups is 2. The lowest BCUT2D eigenvalue weighted by atomic mass is 10.0. The summed E-state index contributed by atoms with van der Waals surface area (Å²) in [5.74, 6) is 2.75. The second kappa shape index (κ2) is 5.81. The third-order valence-electron chi connectivity index (χ3n) is 5.48. The van der Waals surface area contributed by atoms with Crippen molar-refractivity contribution < 1.29 is 0 Å². The average Bonchev–Trinajstić information content (AvgIpc) is 3.25. The summed E-state index contributed by atoms with van der Waals surface area (Å²) in [6.45, 7) is 0. The van der Waals surface area contributed by atoms with Crippen LogP contribution < -0.4 is 21.5 Å². The van der Waals surface area contributed by atoms with Crippen molar-refractivity contribution in [3.63, 3.8) is 0 Å². The van der Waals surface area contributed by atoms with Crippen LogP contribution in [-0.2, 0) is 0 Å². The van der Waals surface area contributed by atoms with E-state index in [0.717, 1.165) is 11.8 Å². The summed E-state index contributed by atoms with van der Waals surface area (Å²) in [4.78, 5) is 0. The zero-order valence-electron chi connectivity index (χ0n) is 12.4. The second-order valence-electron chi connectivity index (χ2n) is 6.97. The van der Waals surface area contributed by atoms with Crippen LogP contribution >= 0.6 is 24.4 Å². The fourth-order valence-electron chi connectivity index (χ4n) is 4.42. The van der Waals surface area contributed by atoms with Gasteiger partial charge in [0.05, 0.1) is 0 Å². The van der Waals surface area contributed by atoms with Crippen molar-refractivity contribution in [2.24, 2.45) is 23.7 Å². The van der Waals surface area contributed by atoms with Gasteiger partial charge in [-0.25, -0.2) is 0 Å². The van der Waals surface area contributed by atoms with E-state index in [9.17, 15) is 0 Å². The van der Waals surface area contributed by atoms with Gasteiger partial charge in [0.25, 0.3) is 0 Å². The summed E-state index contributed by atoms with van der Waals surface area (Å²) in [6.07, 6.45) is 14.2. The topological polar surface area (TPSA) is 48.1 Å². The van der Waals surface area contributed by atoms with E-state index < -0.39 is 0 Å². The van der Waals surface area contributed by atoms with Crippen molar-refractivity contribution in [3.8, 4) is 0 Å². The first-order valence-corrected chi connectivity index (χ1v) is 8.98. The molecule has 6 atom stereocenters. The third-order valence-corrected chi connectivity index (χ3v) is 5.92. The Hall–Kier alpha value is -1.14. The molecular formula is C16H22N4S2. The molecule has 4 N–H and O–H groups in total. The van der Waals surface area contributed by atoms with Gasteiger partial charge in [-0.3, -0.25) is 10.9 Å². The maximum Gasteiger partial charge on any atom is 0.185 e. The standard InChI is InChI=1S/C16H22N4S2/c21-15(17-13-7-9-1-3-11(13)5-9)19-20-16(22)18-14-8-10-2-4-12(14)6-10/h1-4,9-14H,5-8H2,(H2,17,19,21)(H2,18,20,22)/t9-,10-,11-,12-,13-,14-/m0/s1. The highest BCUT2D eigenvalue weighted by Crippen LogP contribution is 2.39. The molecule has 0 unspecified atom stereocenters. The highest BCUT2D eigenvalue weighted by atomic mass is 32.1. The normalized spacial score (nSPS) is 40.0. The first-order chi connectivity index (χ1) is 10.7. The smallest absolute Gasteiger partial charge is 0.185 e. The molecule has 4 aliphatic carbocycles. The average molecular weight is 335 g/mol. The van der Waals surface area contributed by atoms with Crippen LogP contribution in [0, 0.1) is 23.7 Å². The van der Waals surface area contributed by atoms with Crippen molar-refractivity contribution in [2.75, 3.05) is 0 Å². The van der Waals surface area contributed by atoms with Gasteiger partial charge in [0.2, 0.25) is 0 Å². The van der Waals surface area contributed by atoms with Gasteiger partial charge in [-0.1, -0.05) is 24.3 Å². The molecule has 118 valence electrons. The Morgan fingerprint density at radius 2 is 1.14 bits per heavy atom. The molecule has 0 heterocycles. The maximum absolute atomic E-state index is 5.35. The minimum Gasteiger partial charge on any atom is -0.358 e. The lowest BCUT2D eigenvalue weighted by Gasteiger charge is -2.24. The summed E-state index contributed by atoms with van der Waals surface area (Å²) < 4.78 is 0. The molecule has 22 heavy (non-hydrogen) atoms. The highest BCUT2D eigenvalue weighted by Gasteiger charge is 2.36. The molecule has 0 saturated heterocycles. The van der Waals surface area contributed by atoms with Crippen LogP contribution in [-0.4, -0.2) is 22.3 Å². The van der Waals surface area contributed by atoms with Gasteiger partial charge in [0.15, 0.2) is 10.2 Å². The van der Waals surface area contributed by atoms with E-state index in [0.29, 0.717) is 34.1 Å². The first-order valence-electron chi connectivity index (χ1n) is 8.17. The number of rotatable bonds is 2. The zero-order valence-corrected chi connectivity index (χ0v) is 14.1. The van der Waals surface area contributed by atoms with Crippen LogP contribution in [0.25, 0.3) is 0 Å². The molecular weight excluding hydrogens is 312 g/mol. The minimum atomic E-state index is 0.467. The molecule has 2 saturated carbocycles. The Morgan fingerprint density at radius 3 is 1.45 bits per heavy atom. The van der Waals surface area contributed by atoms with E-state index in [1.165, 1.54) is 25.7 Å². The monoisotopic (exact) mass is 334 g/mol. The van der Waals surface area contributed by atoms with Crippen molar-refractivity contribution in [1.29, 1.82) is 0 Å². The van der Waals surface area contributed by atoms with Crippen molar-refractivity contribution in [3.05, 3.63) is 24.3 Å². The number of allylic oxidation sites excluding steroid dienone is 2. The molecule has 4 nitrogen and oxygen atoms in total. The zero-order chi connectivity index (χ0) is 15.1. The summed E-state index contributed by atoms with van der Waals surface area (Å²) in [7, 11) is 0. The molecule has 2 fully saturated rings. The van der Waals surface area contributed by atoms with Crippen LogP contribution in [0.4, 0.5) is 0 Å². The minimum absolute atomic E-state index is 0.467. The van der Waals surface area contributed by atoms with Crippen molar-refractivity contribution >= 4 is 34.7 Å². The summed E-state index contributed by atoms with van der Waals surface area (Å²) >= 11 is 10.7. The Morgan fingerprint density at radius 1 is 0.682 bits per heavy atom. The van der Waals surface area contributed by atoms with Gasteiger partial charge in [-0.05, 0) is 73.8 Å². The molecule has 0 aromatic carbocycles. The van der Waals surface area contributed by atoms with E-state index in [1.807, 2.05) is 0 Å². The predicted molar refractivity (Wildman–Crippen MR) is 96.0 cm³/mol. The van der Waals surface area contributed by atoms with Crippen LogP contribution in [0.2, 0.25) is 0 Å². The molecule has 0 aromatic rings. The first kappa shape index (κ1) is 14.5. The number of hydrazine groups is 1. The largest absolute Gasteiger partial charge is 0.358 e. The Balaban J connectivity index is 1.18. The van der Waals surface area contributed by atoms with Crippen LogP contribution in [0.3, 0.4) is 0 Å². The quantitative estimate of drug-likeness (QED) is 0.351. The number of hydrogen-bond acceptors (Lipinski definition) is 2. The molecule has 0 aliphatic heterocycles. The fourth-order valence-corrected chi connectivity index (χ4v) is 4.82. The SMILES string of the molecule is S=C(NNC(=S)N[C@H]1C[C@H]2C=C[C@H]1C2)N[C@H]1C[C@H]2C=C[C@H]1C2. The lowest BCUT2D eigenvalue weighted by Crippen LogP contribution is -2.54. The lowest BCUT2D eigenvalue weighted by molar-refractivity contribution is 0.510. The van der Waals surface area contributed by atoms with Gasteiger partial charge in [0.1, 0.15) is 0 Å². The molecule has 4 rings (SSSR count). The van der Waals surface area contributed by atoms with E-state index >= 15 is 0 Å². The van der Waals surface area contributed by atoms with Crippen molar-refractivity contribution in [1.82, 2.24) is 21.5 Å².